The van der Waals surface area contributed by atoms with Gasteiger partial charge < -0.3 is 15.8 Å². The maximum absolute atomic E-state index is 11.6. The summed E-state index contributed by atoms with van der Waals surface area (Å²) in [6, 6.07) is 5.69. The topological polar surface area (TPSA) is 64.3 Å². The number of nitrogens with two attached hydrogens (primary N) is 1. The van der Waals surface area contributed by atoms with Crippen molar-refractivity contribution in [2.24, 2.45) is 5.73 Å². The smallest absolute Gasteiger partial charge is 0.261 e. The minimum atomic E-state index is -0.606. The molecule has 102 valence electrons. The number of ether oxygens (including phenoxy) is 1. The van der Waals surface area contributed by atoms with Gasteiger partial charge in [0.25, 0.3) is 5.91 Å². The number of nitrogens with one attached hydrogen (secondary N) is 1. The molecule has 4 nitrogen and oxygen atoms in total. The third-order valence-corrected chi connectivity index (χ3v) is 3.09. The SMILES string of the molecule is C#CCNC(=O)C(C)Oc1ccc(CCN)cc1Br. The van der Waals surface area contributed by atoms with Crippen LogP contribution in [-0.4, -0.2) is 25.1 Å². The molecule has 0 aliphatic carbocycles. The Hall–Kier alpha value is -1.51. The first-order valence-corrected chi connectivity index (χ1v) is 6.74. The Bertz CT molecular complexity index is 483. The molecule has 3 N–H and O–H groups in total. The summed E-state index contributed by atoms with van der Waals surface area (Å²) >= 11 is 3.42. The predicted molar refractivity (Wildman–Crippen MR) is 78.8 cm³/mol. The van der Waals surface area contributed by atoms with Gasteiger partial charge in [0.2, 0.25) is 0 Å². The normalized spacial score (nSPS) is 11.5. The predicted octanol–water partition coefficient (Wildman–Crippen LogP) is 1.47. The van der Waals surface area contributed by atoms with Gasteiger partial charge in [0.15, 0.2) is 6.10 Å². The van der Waals surface area contributed by atoms with E-state index >= 15 is 0 Å². The van der Waals surface area contributed by atoms with Crippen LogP contribution in [0.1, 0.15) is 12.5 Å². The van der Waals surface area contributed by atoms with Gasteiger partial charge in [-0.05, 0) is 53.5 Å². The molecule has 1 amide bonds. The van der Waals surface area contributed by atoms with E-state index in [1.807, 2.05) is 18.2 Å². The second-order valence-electron chi connectivity index (χ2n) is 3.99. The molecule has 0 saturated carbocycles. The minimum absolute atomic E-state index is 0.198. The number of hydrogen-bond donors (Lipinski definition) is 2. The molecule has 1 unspecified atom stereocenters. The van der Waals surface area contributed by atoms with Crippen LogP contribution in [0.4, 0.5) is 0 Å². The zero-order chi connectivity index (χ0) is 14.3. The van der Waals surface area contributed by atoms with Gasteiger partial charge in [-0.25, -0.2) is 0 Å². The third-order valence-electron chi connectivity index (χ3n) is 2.47. The van der Waals surface area contributed by atoms with E-state index in [4.69, 9.17) is 16.9 Å². The van der Waals surface area contributed by atoms with Crippen LogP contribution in [0.25, 0.3) is 0 Å². The highest BCUT2D eigenvalue weighted by Crippen LogP contribution is 2.27. The molecule has 0 aromatic heterocycles. The second kappa shape index (κ2) is 7.82. The largest absolute Gasteiger partial charge is 0.480 e. The lowest BCUT2D eigenvalue weighted by atomic mass is 10.1. The standard InChI is InChI=1S/C14H17BrN2O2/c1-3-8-17-14(18)10(2)19-13-5-4-11(6-7-16)9-12(13)15/h1,4-5,9-10H,6-8,16H2,2H3,(H,17,18). The molecule has 0 bridgehead atoms. The van der Waals surface area contributed by atoms with Crippen molar-refractivity contribution in [3.63, 3.8) is 0 Å². The summed E-state index contributed by atoms with van der Waals surface area (Å²) in [6.45, 7) is 2.47. The van der Waals surface area contributed by atoms with Crippen molar-refractivity contribution >= 4 is 21.8 Å². The molecule has 0 fully saturated rings. The van der Waals surface area contributed by atoms with Gasteiger partial charge in [0.05, 0.1) is 11.0 Å². The van der Waals surface area contributed by atoms with Crippen molar-refractivity contribution in [1.82, 2.24) is 5.32 Å². The maximum Gasteiger partial charge on any atom is 0.261 e. The number of terminal acetylenes is 1. The van der Waals surface area contributed by atoms with Crippen molar-refractivity contribution in [2.45, 2.75) is 19.4 Å². The van der Waals surface area contributed by atoms with E-state index in [2.05, 4.69) is 27.2 Å². The fraction of sp³-hybridized carbons (Fsp3) is 0.357. The highest BCUT2D eigenvalue weighted by Gasteiger charge is 2.15. The zero-order valence-corrected chi connectivity index (χ0v) is 12.4. The van der Waals surface area contributed by atoms with E-state index in [9.17, 15) is 4.79 Å². The Kier molecular flexibility index (Phi) is 6.40. The van der Waals surface area contributed by atoms with Gasteiger partial charge in [-0.3, -0.25) is 4.79 Å². The molecular weight excluding hydrogens is 308 g/mol. The molecule has 1 aromatic rings. The summed E-state index contributed by atoms with van der Waals surface area (Å²) in [5.74, 6) is 2.72. The molecule has 5 heteroatoms. The molecule has 19 heavy (non-hydrogen) atoms. The minimum Gasteiger partial charge on any atom is -0.480 e. The summed E-state index contributed by atoms with van der Waals surface area (Å²) in [5.41, 5.74) is 6.62. The lowest BCUT2D eigenvalue weighted by Gasteiger charge is -2.15. The van der Waals surface area contributed by atoms with Gasteiger partial charge in [0.1, 0.15) is 5.75 Å². The van der Waals surface area contributed by atoms with E-state index in [0.29, 0.717) is 12.3 Å². The Morgan fingerprint density at radius 2 is 2.37 bits per heavy atom. The highest BCUT2D eigenvalue weighted by molar-refractivity contribution is 9.10. The van der Waals surface area contributed by atoms with Gasteiger partial charge in [-0.15, -0.1) is 6.42 Å². The van der Waals surface area contributed by atoms with Crippen molar-refractivity contribution < 1.29 is 9.53 Å². The summed E-state index contributed by atoms with van der Waals surface area (Å²) in [5, 5.41) is 2.57. The van der Waals surface area contributed by atoms with Crippen molar-refractivity contribution in [1.29, 1.82) is 0 Å². The molecule has 0 aliphatic heterocycles. The lowest BCUT2D eigenvalue weighted by molar-refractivity contribution is -0.127. The van der Waals surface area contributed by atoms with Crippen LogP contribution in [-0.2, 0) is 11.2 Å². The van der Waals surface area contributed by atoms with Crippen molar-refractivity contribution in [3.8, 4) is 18.1 Å². The molecule has 0 aliphatic rings. The van der Waals surface area contributed by atoms with Crippen LogP contribution in [0, 0.1) is 12.3 Å². The Labute approximate surface area is 121 Å². The molecular formula is C14H17BrN2O2. The summed E-state index contributed by atoms with van der Waals surface area (Å²) < 4.78 is 6.38. The number of carbonyl (C=O) groups is 1. The first-order chi connectivity index (χ1) is 9.08. The number of hydrogen-bond acceptors (Lipinski definition) is 3. The van der Waals surface area contributed by atoms with Gasteiger partial charge in [-0.1, -0.05) is 12.0 Å². The van der Waals surface area contributed by atoms with Gasteiger partial charge in [0, 0.05) is 0 Å². The van der Waals surface area contributed by atoms with Crippen LogP contribution in [0.15, 0.2) is 22.7 Å². The molecule has 0 saturated heterocycles. The van der Waals surface area contributed by atoms with E-state index in [1.165, 1.54) is 0 Å². The first kappa shape index (κ1) is 15.5. The quantitative estimate of drug-likeness (QED) is 0.779. The van der Waals surface area contributed by atoms with E-state index in [0.717, 1.165) is 16.5 Å². The Balaban J connectivity index is 2.66. The van der Waals surface area contributed by atoms with Crippen LogP contribution in [0.2, 0.25) is 0 Å². The first-order valence-electron chi connectivity index (χ1n) is 5.94. The fourth-order valence-electron chi connectivity index (χ4n) is 1.49. The van der Waals surface area contributed by atoms with Gasteiger partial charge in [-0.2, -0.15) is 0 Å². The lowest BCUT2D eigenvalue weighted by Crippen LogP contribution is -2.36. The van der Waals surface area contributed by atoms with Crippen molar-refractivity contribution in [3.05, 3.63) is 28.2 Å². The monoisotopic (exact) mass is 324 g/mol. The number of rotatable bonds is 6. The zero-order valence-electron chi connectivity index (χ0n) is 10.8. The molecule has 0 heterocycles. The number of carbonyl (C=O) groups excluding carboxylic acids is 1. The molecule has 0 radical (unpaired) electrons. The Morgan fingerprint density at radius 3 is 2.95 bits per heavy atom. The number of halogens is 1. The van der Waals surface area contributed by atoms with Crippen molar-refractivity contribution in [2.75, 3.05) is 13.1 Å². The average Bonchev–Trinajstić information content (AvgIpc) is 2.39. The number of benzene rings is 1. The highest BCUT2D eigenvalue weighted by atomic mass is 79.9. The van der Waals surface area contributed by atoms with Gasteiger partial charge >= 0.3 is 0 Å². The summed E-state index contributed by atoms with van der Waals surface area (Å²) in [4.78, 5) is 11.6. The van der Waals surface area contributed by atoms with Crippen LogP contribution >= 0.6 is 15.9 Å². The van der Waals surface area contributed by atoms with E-state index in [-0.39, 0.29) is 12.5 Å². The summed E-state index contributed by atoms with van der Waals surface area (Å²) in [7, 11) is 0. The fourth-order valence-corrected chi connectivity index (χ4v) is 2.01. The Morgan fingerprint density at radius 1 is 1.63 bits per heavy atom. The molecule has 1 aromatic carbocycles. The molecule has 1 rings (SSSR count). The van der Waals surface area contributed by atoms with Crippen LogP contribution < -0.4 is 15.8 Å². The second-order valence-corrected chi connectivity index (χ2v) is 4.84. The average molecular weight is 325 g/mol. The summed E-state index contributed by atoms with van der Waals surface area (Å²) in [6.07, 6.45) is 5.27. The molecule has 0 spiro atoms. The third kappa shape index (κ3) is 4.93. The maximum atomic E-state index is 11.6. The van der Waals surface area contributed by atoms with Crippen LogP contribution in [0.5, 0.6) is 5.75 Å². The van der Waals surface area contributed by atoms with Crippen LogP contribution in [0.3, 0.4) is 0 Å². The number of amides is 1. The van der Waals surface area contributed by atoms with E-state index < -0.39 is 6.10 Å². The van der Waals surface area contributed by atoms with E-state index in [1.54, 1.807) is 6.92 Å². The molecule has 1 atom stereocenters.